The van der Waals surface area contributed by atoms with Crippen LogP contribution >= 0.6 is 23.1 Å². The average Bonchev–Trinajstić information content (AvgIpc) is 3.01. The number of fused-ring (bicyclic) bond motifs is 1. The van der Waals surface area contributed by atoms with Crippen LogP contribution in [-0.2, 0) is 0 Å². The fraction of sp³-hybridized carbons (Fsp3) is 0.133. The maximum Gasteiger partial charge on any atom is 0.270 e. The number of nitro benzene ring substituents is 1. The molecule has 0 unspecified atom stereocenters. The van der Waals surface area contributed by atoms with E-state index in [1.54, 1.807) is 30.3 Å². The monoisotopic (exact) mass is 377 g/mol. The Morgan fingerprint density at radius 3 is 2.88 bits per heavy atom. The molecule has 0 amide bonds. The first-order chi connectivity index (χ1) is 12.1. The summed E-state index contributed by atoms with van der Waals surface area (Å²) in [6.07, 6.45) is 0. The molecule has 1 heterocycles. The molecule has 1 aromatic heterocycles. The van der Waals surface area contributed by atoms with E-state index in [-0.39, 0.29) is 18.8 Å². The number of aliphatic hydroxyl groups is 1. The van der Waals surface area contributed by atoms with Crippen molar-refractivity contribution in [2.75, 3.05) is 18.2 Å². The molecular weight excluding hydrogens is 366 g/mol. The first-order valence-electron chi connectivity index (χ1n) is 7.18. The van der Waals surface area contributed by atoms with Crippen LogP contribution in [0.5, 0.6) is 0 Å². The van der Waals surface area contributed by atoms with Crippen molar-refractivity contribution in [3.05, 3.63) is 57.6 Å². The third kappa shape index (κ3) is 3.90. The van der Waals surface area contributed by atoms with Crippen molar-refractivity contribution in [2.24, 2.45) is 10.3 Å². The summed E-state index contributed by atoms with van der Waals surface area (Å²) < 4.78 is 4.21. The zero-order valence-corrected chi connectivity index (χ0v) is 14.3. The van der Waals surface area contributed by atoms with Crippen molar-refractivity contribution < 1.29 is 10.0 Å². The molecule has 0 aliphatic carbocycles. The summed E-state index contributed by atoms with van der Waals surface area (Å²) in [6.45, 7) is 0.0984. The van der Waals surface area contributed by atoms with E-state index in [1.807, 2.05) is 0 Å². The van der Waals surface area contributed by atoms with Gasteiger partial charge in [0.2, 0.25) is 0 Å². The molecule has 0 saturated carbocycles. The van der Waals surface area contributed by atoms with Crippen LogP contribution in [0.4, 0.5) is 16.4 Å². The van der Waals surface area contributed by atoms with Crippen molar-refractivity contribution in [2.45, 2.75) is 0 Å². The molecule has 10 heteroatoms. The van der Waals surface area contributed by atoms with Crippen LogP contribution in [0.1, 0.15) is 0 Å². The summed E-state index contributed by atoms with van der Waals surface area (Å²) in [7, 11) is 0. The van der Waals surface area contributed by atoms with Crippen LogP contribution in [0.2, 0.25) is 5.02 Å². The number of anilines is 1. The van der Waals surface area contributed by atoms with Gasteiger partial charge in [-0.15, -0.1) is 5.11 Å². The number of halogens is 1. The molecular formula is C15H12ClN5O3S. The number of hydrogen-bond donors (Lipinski definition) is 1. The average molecular weight is 378 g/mol. The second-order valence-electron chi connectivity index (χ2n) is 4.96. The van der Waals surface area contributed by atoms with Crippen LogP contribution < -0.4 is 5.01 Å². The van der Waals surface area contributed by atoms with Gasteiger partial charge in [-0.25, -0.2) is 5.01 Å². The highest BCUT2D eigenvalue weighted by atomic mass is 35.5. The summed E-state index contributed by atoms with van der Waals surface area (Å²) in [4.78, 5) is 10.5. The van der Waals surface area contributed by atoms with Gasteiger partial charge < -0.3 is 5.11 Å². The van der Waals surface area contributed by atoms with Gasteiger partial charge in [0.1, 0.15) is 0 Å². The van der Waals surface area contributed by atoms with Crippen molar-refractivity contribution in [3.8, 4) is 0 Å². The molecule has 3 rings (SSSR count). The minimum Gasteiger partial charge on any atom is -0.394 e. The van der Waals surface area contributed by atoms with Gasteiger partial charge >= 0.3 is 0 Å². The summed E-state index contributed by atoms with van der Waals surface area (Å²) in [6, 6.07) is 11.4. The van der Waals surface area contributed by atoms with E-state index in [0.717, 1.165) is 11.5 Å². The highest BCUT2D eigenvalue weighted by molar-refractivity contribution is 7.11. The second kappa shape index (κ2) is 7.51. The van der Waals surface area contributed by atoms with E-state index in [0.29, 0.717) is 26.6 Å². The predicted molar refractivity (Wildman–Crippen MR) is 96.7 cm³/mol. The number of nitro groups is 1. The topological polar surface area (TPSA) is 104 Å². The lowest BCUT2D eigenvalue weighted by Crippen LogP contribution is -2.19. The van der Waals surface area contributed by atoms with Gasteiger partial charge in [0.25, 0.3) is 5.69 Å². The lowest BCUT2D eigenvalue weighted by atomic mass is 10.2. The predicted octanol–water partition coefficient (Wildman–Crippen LogP) is 4.36. The van der Waals surface area contributed by atoms with Gasteiger partial charge in [0.05, 0.1) is 29.3 Å². The van der Waals surface area contributed by atoms with Crippen LogP contribution in [0.3, 0.4) is 0 Å². The zero-order valence-electron chi connectivity index (χ0n) is 12.7. The molecule has 0 aliphatic heterocycles. The summed E-state index contributed by atoms with van der Waals surface area (Å²) >= 11 is 7.07. The molecule has 0 bridgehead atoms. The van der Waals surface area contributed by atoms with E-state index in [9.17, 15) is 15.2 Å². The van der Waals surface area contributed by atoms with Crippen molar-refractivity contribution >= 4 is 50.4 Å². The summed E-state index contributed by atoms with van der Waals surface area (Å²) in [5, 5.41) is 31.5. The quantitative estimate of drug-likeness (QED) is 0.390. The van der Waals surface area contributed by atoms with Crippen molar-refractivity contribution in [1.82, 2.24) is 4.37 Å². The van der Waals surface area contributed by atoms with Crippen LogP contribution in [0, 0.1) is 10.1 Å². The van der Waals surface area contributed by atoms with Crippen molar-refractivity contribution in [3.63, 3.8) is 0 Å². The number of aliphatic hydroxyl groups excluding tert-OH is 1. The van der Waals surface area contributed by atoms with E-state index in [1.165, 1.54) is 17.1 Å². The maximum absolute atomic E-state index is 10.9. The van der Waals surface area contributed by atoms with Gasteiger partial charge in [-0.1, -0.05) is 22.9 Å². The minimum atomic E-state index is -0.470. The maximum atomic E-state index is 10.9. The first kappa shape index (κ1) is 17.2. The SMILES string of the molecule is O=[N+]([O-])c1ccc2nsc(/N=N/N(CCO)c3cccc(Cl)c3)c2c1. The third-order valence-electron chi connectivity index (χ3n) is 3.31. The molecule has 128 valence electrons. The third-order valence-corrected chi connectivity index (χ3v) is 4.31. The Bertz CT molecular complexity index is 946. The van der Waals surface area contributed by atoms with Crippen LogP contribution in [0.15, 0.2) is 52.8 Å². The van der Waals surface area contributed by atoms with Crippen LogP contribution in [-0.4, -0.2) is 27.6 Å². The number of hydrogen-bond acceptors (Lipinski definition) is 7. The van der Waals surface area contributed by atoms with Crippen LogP contribution in [0.25, 0.3) is 10.9 Å². The van der Waals surface area contributed by atoms with Crippen molar-refractivity contribution in [1.29, 1.82) is 0 Å². The molecule has 0 spiro atoms. The molecule has 0 aliphatic rings. The van der Waals surface area contributed by atoms with E-state index >= 15 is 0 Å². The normalized spacial score (nSPS) is 11.3. The Morgan fingerprint density at radius 1 is 1.32 bits per heavy atom. The van der Waals surface area contributed by atoms with Gasteiger partial charge in [0.15, 0.2) is 5.00 Å². The minimum absolute atomic E-state index is 0.0359. The van der Waals surface area contributed by atoms with E-state index in [4.69, 9.17) is 11.6 Å². The summed E-state index contributed by atoms with van der Waals surface area (Å²) in [5.41, 5.74) is 1.25. The Balaban J connectivity index is 1.94. The fourth-order valence-electron chi connectivity index (χ4n) is 2.15. The number of non-ortho nitro benzene ring substituents is 1. The molecule has 0 radical (unpaired) electrons. The Labute approximate surface area is 151 Å². The van der Waals surface area contributed by atoms with E-state index < -0.39 is 4.92 Å². The molecule has 1 N–H and O–H groups in total. The molecule has 8 nitrogen and oxygen atoms in total. The van der Waals surface area contributed by atoms with Gasteiger partial charge in [-0.05, 0) is 35.8 Å². The number of benzene rings is 2. The second-order valence-corrected chi connectivity index (χ2v) is 6.15. The standard InChI is InChI=1S/C15H12ClN5O3S/c16-10-2-1-3-11(8-10)20(6-7-22)19-17-15-13-9-12(21(23)24)4-5-14(13)18-25-15/h1-5,8-9,22H,6-7H2/b19-17+. The van der Waals surface area contributed by atoms with Gasteiger partial charge in [-0.2, -0.15) is 4.37 Å². The number of rotatable bonds is 6. The van der Waals surface area contributed by atoms with E-state index in [2.05, 4.69) is 14.7 Å². The lowest BCUT2D eigenvalue weighted by Gasteiger charge is -2.16. The highest BCUT2D eigenvalue weighted by Gasteiger charge is 2.12. The Morgan fingerprint density at radius 2 is 2.16 bits per heavy atom. The molecule has 0 saturated heterocycles. The lowest BCUT2D eigenvalue weighted by molar-refractivity contribution is -0.384. The molecule has 0 fully saturated rings. The first-order valence-corrected chi connectivity index (χ1v) is 8.33. The van der Waals surface area contributed by atoms with Gasteiger partial charge in [0, 0.05) is 22.5 Å². The van der Waals surface area contributed by atoms with Gasteiger partial charge in [-0.3, -0.25) is 10.1 Å². The Kier molecular flexibility index (Phi) is 5.17. The molecule has 3 aromatic rings. The number of nitrogens with zero attached hydrogens (tertiary/aromatic N) is 5. The number of aromatic nitrogens is 1. The summed E-state index contributed by atoms with van der Waals surface area (Å²) in [5.74, 6) is 0. The highest BCUT2D eigenvalue weighted by Crippen LogP contribution is 2.33. The Hall–Kier alpha value is -2.62. The zero-order chi connectivity index (χ0) is 17.8. The fourth-order valence-corrected chi connectivity index (χ4v) is 3.02. The molecule has 0 atom stereocenters. The molecule has 25 heavy (non-hydrogen) atoms. The molecule has 2 aromatic carbocycles. The largest absolute Gasteiger partial charge is 0.394 e. The smallest absolute Gasteiger partial charge is 0.270 e.